The van der Waals surface area contributed by atoms with Gasteiger partial charge in [0, 0.05) is 26.3 Å². The van der Waals surface area contributed by atoms with Crippen LogP contribution in [0.1, 0.15) is 19.8 Å². The molecule has 1 aliphatic rings. The van der Waals surface area contributed by atoms with E-state index in [-0.39, 0.29) is 11.3 Å². The van der Waals surface area contributed by atoms with Gasteiger partial charge in [-0.05, 0) is 19.8 Å². The zero-order valence-electron chi connectivity index (χ0n) is 8.14. The van der Waals surface area contributed by atoms with Crippen molar-refractivity contribution in [2.75, 3.05) is 26.3 Å². The van der Waals surface area contributed by atoms with Gasteiger partial charge in [0.25, 0.3) is 0 Å². The third kappa shape index (κ3) is 2.19. The molecule has 4 heteroatoms. The molecule has 1 amide bonds. The third-order valence-electron chi connectivity index (χ3n) is 2.66. The van der Waals surface area contributed by atoms with Crippen molar-refractivity contribution < 1.29 is 9.53 Å². The maximum absolute atomic E-state index is 11.7. The van der Waals surface area contributed by atoms with Crippen LogP contribution in [-0.2, 0) is 9.53 Å². The minimum atomic E-state index is -0.367. The van der Waals surface area contributed by atoms with Crippen molar-refractivity contribution in [3.8, 4) is 0 Å². The lowest BCUT2D eigenvalue weighted by molar-refractivity contribution is -0.135. The lowest BCUT2D eigenvalue weighted by Gasteiger charge is -2.34. The molecular weight excluding hydrogens is 168 g/mol. The van der Waals surface area contributed by atoms with Crippen LogP contribution in [0.2, 0.25) is 0 Å². The molecule has 76 valence electrons. The van der Waals surface area contributed by atoms with Crippen LogP contribution in [0.15, 0.2) is 0 Å². The van der Waals surface area contributed by atoms with Crippen molar-refractivity contribution in [3.05, 3.63) is 0 Å². The lowest BCUT2D eigenvalue weighted by atomic mass is 9.79. The molecule has 1 aliphatic heterocycles. The zero-order valence-corrected chi connectivity index (χ0v) is 8.14. The molecule has 0 radical (unpaired) electrons. The Balaban J connectivity index is 2.61. The Bertz CT molecular complexity index is 176. The average molecular weight is 186 g/mol. The molecule has 0 spiro atoms. The Hall–Kier alpha value is -0.610. The van der Waals surface area contributed by atoms with Gasteiger partial charge >= 0.3 is 0 Å². The van der Waals surface area contributed by atoms with Crippen LogP contribution in [0.4, 0.5) is 0 Å². The van der Waals surface area contributed by atoms with E-state index in [4.69, 9.17) is 10.5 Å². The number of rotatable bonds is 3. The van der Waals surface area contributed by atoms with E-state index < -0.39 is 0 Å². The summed E-state index contributed by atoms with van der Waals surface area (Å²) in [5, 5.41) is 2.83. The van der Waals surface area contributed by atoms with Gasteiger partial charge in [-0.2, -0.15) is 0 Å². The van der Waals surface area contributed by atoms with E-state index in [2.05, 4.69) is 5.32 Å². The molecule has 0 saturated carbocycles. The van der Waals surface area contributed by atoms with Crippen molar-refractivity contribution in [2.45, 2.75) is 19.8 Å². The maximum atomic E-state index is 11.7. The first-order chi connectivity index (χ1) is 6.25. The highest BCUT2D eigenvalue weighted by atomic mass is 16.5. The smallest absolute Gasteiger partial charge is 0.227 e. The summed E-state index contributed by atoms with van der Waals surface area (Å²) in [4.78, 5) is 11.7. The second-order valence-electron chi connectivity index (χ2n) is 3.46. The molecule has 1 saturated heterocycles. The van der Waals surface area contributed by atoms with Crippen molar-refractivity contribution >= 4 is 5.91 Å². The van der Waals surface area contributed by atoms with Crippen LogP contribution in [-0.4, -0.2) is 32.2 Å². The highest BCUT2D eigenvalue weighted by Gasteiger charge is 2.38. The molecule has 0 aliphatic carbocycles. The topological polar surface area (TPSA) is 64.4 Å². The molecule has 0 aromatic rings. The summed E-state index contributed by atoms with van der Waals surface area (Å²) in [7, 11) is 0. The lowest BCUT2D eigenvalue weighted by Crippen LogP contribution is -2.49. The first kappa shape index (κ1) is 10.5. The van der Waals surface area contributed by atoms with Crippen LogP contribution < -0.4 is 11.1 Å². The van der Waals surface area contributed by atoms with Gasteiger partial charge in [0.05, 0.1) is 5.41 Å². The summed E-state index contributed by atoms with van der Waals surface area (Å²) in [6.07, 6.45) is 1.49. The van der Waals surface area contributed by atoms with Crippen molar-refractivity contribution in [2.24, 2.45) is 11.1 Å². The molecule has 1 rings (SSSR count). The first-order valence-electron chi connectivity index (χ1n) is 4.81. The van der Waals surface area contributed by atoms with E-state index in [1.54, 1.807) is 0 Å². The Labute approximate surface area is 78.8 Å². The predicted octanol–water partition coefficient (Wildman–Crippen LogP) is -0.122. The summed E-state index contributed by atoms with van der Waals surface area (Å²) < 4.78 is 5.22. The van der Waals surface area contributed by atoms with Gasteiger partial charge in [0.15, 0.2) is 0 Å². The maximum Gasteiger partial charge on any atom is 0.227 e. The van der Waals surface area contributed by atoms with E-state index in [9.17, 15) is 4.79 Å². The first-order valence-corrected chi connectivity index (χ1v) is 4.81. The molecule has 0 unspecified atom stereocenters. The van der Waals surface area contributed by atoms with Gasteiger partial charge < -0.3 is 15.8 Å². The number of ether oxygens (including phenoxy) is 1. The largest absolute Gasteiger partial charge is 0.381 e. The van der Waals surface area contributed by atoms with Crippen LogP contribution in [0.3, 0.4) is 0 Å². The normalized spacial score (nSPS) is 21.1. The number of carbonyl (C=O) groups excluding carboxylic acids is 1. The van der Waals surface area contributed by atoms with Crippen molar-refractivity contribution in [3.63, 3.8) is 0 Å². The second-order valence-corrected chi connectivity index (χ2v) is 3.46. The van der Waals surface area contributed by atoms with Crippen LogP contribution >= 0.6 is 0 Å². The fourth-order valence-corrected chi connectivity index (χ4v) is 1.63. The average Bonchev–Trinajstić information content (AvgIpc) is 2.19. The van der Waals surface area contributed by atoms with E-state index in [1.165, 1.54) is 0 Å². The monoisotopic (exact) mass is 186 g/mol. The molecule has 3 N–H and O–H groups in total. The minimum Gasteiger partial charge on any atom is -0.381 e. The molecule has 0 bridgehead atoms. The molecule has 0 aromatic heterocycles. The number of hydrogen-bond acceptors (Lipinski definition) is 3. The Morgan fingerprint density at radius 1 is 1.54 bits per heavy atom. The van der Waals surface area contributed by atoms with E-state index in [0.29, 0.717) is 26.3 Å². The number of amides is 1. The fourth-order valence-electron chi connectivity index (χ4n) is 1.63. The number of nitrogens with one attached hydrogen (secondary N) is 1. The van der Waals surface area contributed by atoms with Gasteiger partial charge in [0.2, 0.25) is 5.91 Å². The van der Waals surface area contributed by atoms with Gasteiger partial charge in [-0.3, -0.25) is 4.79 Å². The molecule has 4 nitrogen and oxygen atoms in total. The van der Waals surface area contributed by atoms with E-state index in [1.807, 2.05) is 6.92 Å². The fraction of sp³-hybridized carbons (Fsp3) is 0.889. The number of carbonyl (C=O) groups is 1. The molecule has 1 heterocycles. The summed E-state index contributed by atoms with van der Waals surface area (Å²) in [5.41, 5.74) is 5.29. The predicted molar refractivity (Wildman–Crippen MR) is 50.2 cm³/mol. The SMILES string of the molecule is CCNC(=O)C1(CN)CCOCC1. The minimum absolute atomic E-state index is 0.0841. The quantitative estimate of drug-likeness (QED) is 0.645. The van der Waals surface area contributed by atoms with Crippen LogP contribution in [0.5, 0.6) is 0 Å². The molecule has 0 atom stereocenters. The van der Waals surface area contributed by atoms with Gasteiger partial charge in [-0.15, -0.1) is 0 Å². The zero-order chi connectivity index (χ0) is 9.73. The molecule has 1 fully saturated rings. The second kappa shape index (κ2) is 4.58. The Kier molecular flexibility index (Phi) is 3.69. The van der Waals surface area contributed by atoms with Gasteiger partial charge in [-0.1, -0.05) is 0 Å². The Morgan fingerprint density at radius 2 is 2.15 bits per heavy atom. The number of hydrogen-bond donors (Lipinski definition) is 2. The van der Waals surface area contributed by atoms with E-state index >= 15 is 0 Å². The summed E-state index contributed by atoms with van der Waals surface area (Å²) in [6.45, 7) is 4.30. The van der Waals surface area contributed by atoms with Crippen molar-refractivity contribution in [1.29, 1.82) is 0 Å². The molecular formula is C9H18N2O2. The number of nitrogens with two attached hydrogens (primary N) is 1. The summed E-state index contributed by atoms with van der Waals surface area (Å²) in [5.74, 6) is 0.0841. The summed E-state index contributed by atoms with van der Waals surface area (Å²) >= 11 is 0. The third-order valence-corrected chi connectivity index (χ3v) is 2.66. The van der Waals surface area contributed by atoms with Gasteiger partial charge in [-0.25, -0.2) is 0 Å². The van der Waals surface area contributed by atoms with Gasteiger partial charge in [0.1, 0.15) is 0 Å². The van der Waals surface area contributed by atoms with E-state index in [0.717, 1.165) is 12.8 Å². The molecule has 0 aromatic carbocycles. The highest BCUT2D eigenvalue weighted by molar-refractivity contribution is 5.82. The van der Waals surface area contributed by atoms with Crippen molar-refractivity contribution in [1.82, 2.24) is 5.32 Å². The molecule has 13 heavy (non-hydrogen) atoms. The Morgan fingerprint density at radius 3 is 2.62 bits per heavy atom. The van der Waals surface area contributed by atoms with Crippen LogP contribution in [0, 0.1) is 5.41 Å². The highest BCUT2D eigenvalue weighted by Crippen LogP contribution is 2.29. The summed E-state index contributed by atoms with van der Waals surface area (Å²) in [6, 6.07) is 0. The standard InChI is InChI=1S/C9H18N2O2/c1-2-11-8(12)9(7-10)3-5-13-6-4-9/h2-7,10H2,1H3,(H,11,12). The van der Waals surface area contributed by atoms with Crippen LogP contribution in [0.25, 0.3) is 0 Å².